The van der Waals surface area contributed by atoms with E-state index in [4.69, 9.17) is 4.74 Å². The Morgan fingerprint density at radius 2 is 1.94 bits per heavy atom. The van der Waals surface area contributed by atoms with Gasteiger partial charge in [-0.1, -0.05) is 12.1 Å². The van der Waals surface area contributed by atoms with Crippen LogP contribution in [0.1, 0.15) is 21.5 Å². The minimum Gasteiger partial charge on any atom is -0.457 e. The predicted octanol–water partition coefficient (Wildman–Crippen LogP) is 4.79. The molecule has 2 heterocycles. The van der Waals surface area contributed by atoms with E-state index < -0.39 is 11.6 Å². The van der Waals surface area contributed by atoms with Gasteiger partial charge in [0, 0.05) is 43.2 Å². The van der Waals surface area contributed by atoms with E-state index in [2.05, 4.69) is 15.4 Å². The summed E-state index contributed by atoms with van der Waals surface area (Å²) in [5.74, 6) is -1.14. The van der Waals surface area contributed by atoms with E-state index in [1.54, 1.807) is 47.4 Å². The van der Waals surface area contributed by atoms with Crippen molar-refractivity contribution in [2.24, 2.45) is 7.05 Å². The van der Waals surface area contributed by atoms with Gasteiger partial charge < -0.3 is 10.1 Å². The Kier molecular flexibility index (Phi) is 5.93. The maximum absolute atomic E-state index is 13.4. The highest BCUT2D eigenvalue weighted by molar-refractivity contribution is 5.94. The summed E-state index contributed by atoms with van der Waals surface area (Å²) in [7, 11) is 1.83. The molecule has 0 aliphatic rings. The first-order valence-electron chi connectivity index (χ1n) is 9.85. The van der Waals surface area contributed by atoms with Crippen molar-refractivity contribution in [3.63, 3.8) is 0 Å². The average Bonchev–Trinajstić information content (AvgIpc) is 3.22. The Morgan fingerprint density at radius 3 is 2.69 bits per heavy atom. The average molecular weight is 434 g/mol. The summed E-state index contributed by atoms with van der Waals surface area (Å²) in [5.41, 5.74) is 3.27. The Morgan fingerprint density at radius 1 is 1.09 bits per heavy atom. The summed E-state index contributed by atoms with van der Waals surface area (Å²) in [6, 6.07) is 12.1. The molecule has 8 heteroatoms. The molecule has 4 rings (SSSR count). The van der Waals surface area contributed by atoms with E-state index in [1.807, 2.05) is 20.2 Å². The molecule has 0 fully saturated rings. The highest BCUT2D eigenvalue weighted by Gasteiger charge is 2.12. The second-order valence-electron chi connectivity index (χ2n) is 7.29. The standard InChI is InChI=1S/C24H20F2N4O2/c1-15-3-5-17(24(31)28-12-16-4-6-20(25)21(26)9-16)10-23(15)32-19-7-8-27-22(11-19)18-13-29-30(2)14-18/h3-11,13-14H,12H2,1-2H3,(H,28,31). The van der Waals surface area contributed by atoms with Gasteiger partial charge >= 0.3 is 0 Å². The molecule has 32 heavy (non-hydrogen) atoms. The lowest BCUT2D eigenvalue weighted by atomic mass is 10.1. The lowest BCUT2D eigenvalue weighted by molar-refractivity contribution is 0.0950. The lowest BCUT2D eigenvalue weighted by Crippen LogP contribution is -2.22. The SMILES string of the molecule is Cc1ccc(C(=O)NCc2ccc(F)c(F)c2)cc1Oc1ccnc(-c2cnn(C)c2)c1. The first kappa shape index (κ1) is 21.2. The van der Waals surface area contributed by atoms with Crippen molar-refractivity contribution in [2.75, 3.05) is 0 Å². The first-order chi connectivity index (χ1) is 15.4. The second kappa shape index (κ2) is 8.97. The van der Waals surface area contributed by atoms with E-state index >= 15 is 0 Å². The maximum Gasteiger partial charge on any atom is 0.251 e. The molecule has 0 aliphatic heterocycles. The number of rotatable bonds is 6. The van der Waals surface area contributed by atoms with Gasteiger partial charge in [0.05, 0.1) is 11.9 Å². The fraction of sp³-hybridized carbons (Fsp3) is 0.125. The highest BCUT2D eigenvalue weighted by Crippen LogP contribution is 2.28. The Hall–Kier alpha value is -4.07. The number of benzene rings is 2. The number of hydrogen-bond acceptors (Lipinski definition) is 4. The molecule has 6 nitrogen and oxygen atoms in total. The molecule has 1 N–H and O–H groups in total. The largest absolute Gasteiger partial charge is 0.457 e. The molecule has 0 spiro atoms. The number of halogens is 2. The molecule has 162 valence electrons. The smallest absolute Gasteiger partial charge is 0.251 e. The van der Waals surface area contributed by atoms with Crippen LogP contribution in [-0.4, -0.2) is 20.7 Å². The summed E-state index contributed by atoms with van der Waals surface area (Å²) in [6.07, 6.45) is 5.22. The van der Waals surface area contributed by atoms with Crippen molar-refractivity contribution in [3.05, 3.63) is 95.4 Å². The van der Waals surface area contributed by atoms with Crippen LogP contribution in [0.25, 0.3) is 11.3 Å². The molecule has 1 amide bonds. The third-order valence-electron chi connectivity index (χ3n) is 4.85. The summed E-state index contributed by atoms with van der Waals surface area (Å²) < 4.78 is 34.1. The van der Waals surface area contributed by atoms with Gasteiger partial charge in [0.2, 0.25) is 0 Å². The zero-order valence-corrected chi connectivity index (χ0v) is 17.5. The molecule has 0 radical (unpaired) electrons. The number of hydrogen-bond donors (Lipinski definition) is 1. The van der Waals surface area contributed by atoms with Gasteiger partial charge in [0.1, 0.15) is 11.5 Å². The van der Waals surface area contributed by atoms with Crippen molar-refractivity contribution >= 4 is 5.91 Å². The van der Waals surface area contributed by atoms with Crippen LogP contribution in [0.5, 0.6) is 11.5 Å². The van der Waals surface area contributed by atoms with Crippen LogP contribution < -0.4 is 10.1 Å². The van der Waals surface area contributed by atoms with Gasteiger partial charge in [-0.15, -0.1) is 0 Å². The normalized spacial score (nSPS) is 10.8. The van der Waals surface area contributed by atoms with Crippen LogP contribution in [0.15, 0.2) is 67.1 Å². The van der Waals surface area contributed by atoms with Gasteiger partial charge in [-0.05, 0) is 48.4 Å². The van der Waals surface area contributed by atoms with Crippen LogP contribution in [0.3, 0.4) is 0 Å². The number of carbonyl (C=O) groups excluding carboxylic acids is 1. The zero-order valence-electron chi connectivity index (χ0n) is 17.5. The Bertz CT molecular complexity index is 1290. The van der Waals surface area contributed by atoms with E-state index in [1.165, 1.54) is 6.07 Å². The molecule has 4 aromatic rings. The van der Waals surface area contributed by atoms with Crippen LogP contribution in [0, 0.1) is 18.6 Å². The van der Waals surface area contributed by atoms with Gasteiger partial charge in [0.15, 0.2) is 11.6 Å². The predicted molar refractivity (Wildman–Crippen MR) is 115 cm³/mol. The third kappa shape index (κ3) is 4.80. The molecule has 0 saturated heterocycles. The van der Waals surface area contributed by atoms with Crippen molar-refractivity contribution in [2.45, 2.75) is 13.5 Å². The number of nitrogens with zero attached hydrogens (tertiary/aromatic N) is 3. The quantitative estimate of drug-likeness (QED) is 0.474. The second-order valence-corrected chi connectivity index (χ2v) is 7.29. The minimum atomic E-state index is -0.953. The molecule has 0 atom stereocenters. The van der Waals surface area contributed by atoms with Crippen LogP contribution in [0.2, 0.25) is 0 Å². The number of ether oxygens (including phenoxy) is 1. The van der Waals surface area contributed by atoms with Crippen LogP contribution in [0.4, 0.5) is 8.78 Å². The molecule has 0 unspecified atom stereocenters. The Balaban J connectivity index is 1.49. The lowest BCUT2D eigenvalue weighted by Gasteiger charge is -2.12. The first-order valence-corrected chi connectivity index (χ1v) is 9.85. The minimum absolute atomic E-state index is 0.0684. The third-order valence-corrected chi connectivity index (χ3v) is 4.85. The molecule has 0 saturated carbocycles. The number of amides is 1. The monoisotopic (exact) mass is 434 g/mol. The van der Waals surface area contributed by atoms with Crippen molar-refractivity contribution in [1.29, 1.82) is 0 Å². The fourth-order valence-electron chi connectivity index (χ4n) is 3.10. The van der Waals surface area contributed by atoms with E-state index in [9.17, 15) is 13.6 Å². The topological polar surface area (TPSA) is 69.0 Å². The Labute approximate surface area is 183 Å². The van der Waals surface area contributed by atoms with Crippen LogP contribution in [-0.2, 0) is 13.6 Å². The van der Waals surface area contributed by atoms with Crippen molar-refractivity contribution in [3.8, 4) is 22.8 Å². The number of nitrogens with one attached hydrogen (secondary N) is 1. The number of aryl methyl sites for hydroxylation is 2. The van der Waals surface area contributed by atoms with Crippen molar-refractivity contribution < 1.29 is 18.3 Å². The van der Waals surface area contributed by atoms with Gasteiger partial charge in [-0.3, -0.25) is 14.5 Å². The zero-order chi connectivity index (χ0) is 22.7. The molecule has 0 aliphatic carbocycles. The molecule has 2 aromatic carbocycles. The molecule has 2 aromatic heterocycles. The summed E-state index contributed by atoms with van der Waals surface area (Å²) in [5, 5.41) is 6.85. The molecule has 0 bridgehead atoms. The summed E-state index contributed by atoms with van der Waals surface area (Å²) in [4.78, 5) is 16.9. The van der Waals surface area contributed by atoms with Crippen molar-refractivity contribution in [1.82, 2.24) is 20.1 Å². The number of aromatic nitrogens is 3. The molecular formula is C24H20F2N4O2. The maximum atomic E-state index is 13.4. The van der Waals surface area contributed by atoms with Crippen LogP contribution >= 0.6 is 0 Å². The number of pyridine rings is 1. The van der Waals surface area contributed by atoms with Gasteiger partial charge in [-0.2, -0.15) is 5.10 Å². The molecular weight excluding hydrogens is 414 g/mol. The van der Waals surface area contributed by atoms with E-state index in [-0.39, 0.29) is 12.5 Å². The summed E-state index contributed by atoms with van der Waals surface area (Å²) >= 11 is 0. The van der Waals surface area contributed by atoms with E-state index in [0.717, 1.165) is 23.3 Å². The highest BCUT2D eigenvalue weighted by atomic mass is 19.2. The summed E-state index contributed by atoms with van der Waals surface area (Å²) in [6.45, 7) is 1.94. The number of carbonyl (C=O) groups is 1. The van der Waals surface area contributed by atoms with Gasteiger partial charge in [0.25, 0.3) is 5.91 Å². The van der Waals surface area contributed by atoms with E-state index in [0.29, 0.717) is 28.3 Å². The fourth-order valence-corrected chi connectivity index (χ4v) is 3.10. The van der Waals surface area contributed by atoms with Gasteiger partial charge in [-0.25, -0.2) is 8.78 Å².